The topological polar surface area (TPSA) is 49.6 Å². The van der Waals surface area contributed by atoms with Crippen LogP contribution in [0.25, 0.3) is 0 Å². The fourth-order valence-electron chi connectivity index (χ4n) is 2.58. The highest BCUT2D eigenvalue weighted by Crippen LogP contribution is 2.33. The minimum atomic E-state index is -0.0608. The van der Waals surface area contributed by atoms with Gasteiger partial charge in [-0.3, -0.25) is 4.79 Å². The molecule has 0 spiro atoms. The van der Waals surface area contributed by atoms with Gasteiger partial charge in [-0.05, 0) is 30.3 Å². The molecule has 0 bridgehead atoms. The normalized spacial score (nSPS) is 14.0. The van der Waals surface area contributed by atoms with Gasteiger partial charge in [-0.1, -0.05) is 28.1 Å². The van der Waals surface area contributed by atoms with Gasteiger partial charge in [-0.15, -0.1) is 0 Å². The number of carbonyl (C=O) groups excluding carboxylic acids is 1. The summed E-state index contributed by atoms with van der Waals surface area (Å²) in [4.78, 5) is 16.8. The second kappa shape index (κ2) is 5.41. The third kappa shape index (κ3) is 2.49. The highest BCUT2D eigenvalue weighted by Gasteiger charge is 2.26. The number of halogens is 1. The predicted molar refractivity (Wildman–Crippen MR) is 89.9 cm³/mol. The van der Waals surface area contributed by atoms with Gasteiger partial charge < -0.3 is 15.5 Å². The summed E-state index contributed by atoms with van der Waals surface area (Å²) in [6, 6.07) is 13.3. The van der Waals surface area contributed by atoms with E-state index in [9.17, 15) is 4.79 Å². The van der Waals surface area contributed by atoms with E-state index in [4.69, 9.17) is 5.73 Å². The smallest absolute Gasteiger partial charge is 0.260 e. The van der Waals surface area contributed by atoms with E-state index < -0.39 is 0 Å². The molecule has 0 aliphatic carbocycles. The first-order chi connectivity index (χ1) is 10.1. The van der Waals surface area contributed by atoms with Crippen LogP contribution in [-0.4, -0.2) is 26.0 Å². The third-order valence-corrected chi connectivity index (χ3v) is 4.23. The number of nitrogen functional groups attached to an aromatic ring is 1. The first kappa shape index (κ1) is 13.9. The monoisotopic (exact) mass is 345 g/mol. The minimum absolute atomic E-state index is 0.0608. The van der Waals surface area contributed by atoms with Gasteiger partial charge in [0.2, 0.25) is 0 Å². The number of para-hydroxylation sites is 2. The molecule has 1 aliphatic rings. The quantitative estimate of drug-likeness (QED) is 0.807. The van der Waals surface area contributed by atoms with E-state index in [0.717, 1.165) is 22.4 Å². The Labute approximate surface area is 132 Å². The molecule has 2 aromatic rings. The van der Waals surface area contributed by atoms with Crippen molar-refractivity contribution in [1.29, 1.82) is 0 Å². The SMILES string of the molecule is CN1CCN(C(=O)c2cc(Br)ccc2N)c2ccccc21. The summed E-state index contributed by atoms with van der Waals surface area (Å²) in [5.74, 6) is -0.0608. The second-order valence-corrected chi connectivity index (χ2v) is 6.01. The van der Waals surface area contributed by atoms with Crippen LogP contribution in [0.3, 0.4) is 0 Å². The Balaban J connectivity index is 2.03. The highest BCUT2D eigenvalue weighted by molar-refractivity contribution is 9.10. The van der Waals surface area contributed by atoms with Crippen LogP contribution in [0.5, 0.6) is 0 Å². The second-order valence-electron chi connectivity index (χ2n) is 5.10. The molecule has 0 unspecified atom stereocenters. The summed E-state index contributed by atoms with van der Waals surface area (Å²) in [6.07, 6.45) is 0. The molecular weight excluding hydrogens is 330 g/mol. The van der Waals surface area contributed by atoms with Crippen molar-refractivity contribution in [2.75, 3.05) is 35.7 Å². The highest BCUT2D eigenvalue weighted by atomic mass is 79.9. The van der Waals surface area contributed by atoms with E-state index in [1.54, 1.807) is 17.0 Å². The van der Waals surface area contributed by atoms with E-state index in [1.807, 2.05) is 37.4 Å². The van der Waals surface area contributed by atoms with Gasteiger partial charge in [-0.25, -0.2) is 0 Å². The van der Waals surface area contributed by atoms with Crippen molar-refractivity contribution in [2.24, 2.45) is 0 Å². The van der Waals surface area contributed by atoms with Crippen molar-refractivity contribution < 1.29 is 4.79 Å². The fraction of sp³-hybridized carbons (Fsp3) is 0.188. The summed E-state index contributed by atoms with van der Waals surface area (Å²) in [5, 5.41) is 0. The van der Waals surface area contributed by atoms with Gasteiger partial charge in [0, 0.05) is 30.3 Å². The van der Waals surface area contributed by atoms with Gasteiger partial charge in [0.05, 0.1) is 16.9 Å². The van der Waals surface area contributed by atoms with Gasteiger partial charge in [-0.2, -0.15) is 0 Å². The van der Waals surface area contributed by atoms with Gasteiger partial charge >= 0.3 is 0 Å². The van der Waals surface area contributed by atoms with Crippen LogP contribution >= 0.6 is 15.9 Å². The van der Waals surface area contributed by atoms with Crippen LogP contribution in [0.2, 0.25) is 0 Å². The van der Waals surface area contributed by atoms with E-state index in [2.05, 4.69) is 20.8 Å². The standard InChI is InChI=1S/C16H16BrN3O/c1-19-8-9-20(15-5-3-2-4-14(15)19)16(21)12-10-11(17)6-7-13(12)18/h2-7,10H,8-9,18H2,1H3. The predicted octanol–water partition coefficient (Wildman–Crippen LogP) is 3.13. The van der Waals surface area contributed by atoms with Crippen molar-refractivity contribution in [3.8, 4) is 0 Å². The molecule has 0 saturated carbocycles. The molecule has 2 N–H and O–H groups in total. The number of fused-ring (bicyclic) bond motifs is 1. The zero-order valence-corrected chi connectivity index (χ0v) is 13.3. The van der Waals surface area contributed by atoms with Crippen molar-refractivity contribution >= 4 is 38.9 Å². The molecule has 1 heterocycles. The number of rotatable bonds is 1. The van der Waals surface area contributed by atoms with Crippen LogP contribution in [0, 0.1) is 0 Å². The number of likely N-dealkylation sites (N-methyl/N-ethyl adjacent to an activating group) is 1. The third-order valence-electron chi connectivity index (χ3n) is 3.73. The van der Waals surface area contributed by atoms with Crippen LogP contribution in [0.1, 0.15) is 10.4 Å². The molecule has 108 valence electrons. The van der Waals surface area contributed by atoms with Gasteiger partial charge in [0.15, 0.2) is 0 Å². The molecule has 0 saturated heterocycles. The molecule has 21 heavy (non-hydrogen) atoms. The first-order valence-corrected chi connectivity index (χ1v) is 7.54. The Hall–Kier alpha value is -2.01. The van der Waals surface area contributed by atoms with Crippen molar-refractivity contribution in [3.05, 3.63) is 52.5 Å². The molecule has 0 radical (unpaired) electrons. The van der Waals surface area contributed by atoms with Crippen LogP contribution in [-0.2, 0) is 0 Å². The number of anilines is 3. The first-order valence-electron chi connectivity index (χ1n) is 6.75. The molecule has 4 nitrogen and oxygen atoms in total. The number of nitrogens with two attached hydrogens (primary N) is 1. The Morgan fingerprint density at radius 2 is 1.86 bits per heavy atom. The summed E-state index contributed by atoms with van der Waals surface area (Å²) >= 11 is 3.40. The van der Waals surface area contributed by atoms with E-state index in [0.29, 0.717) is 17.8 Å². The molecule has 2 aromatic carbocycles. The number of hydrogen-bond acceptors (Lipinski definition) is 3. The largest absolute Gasteiger partial charge is 0.398 e. The molecule has 0 atom stereocenters. The lowest BCUT2D eigenvalue weighted by atomic mass is 10.1. The van der Waals surface area contributed by atoms with Crippen molar-refractivity contribution in [2.45, 2.75) is 0 Å². The lowest BCUT2D eigenvalue weighted by molar-refractivity contribution is 0.0987. The summed E-state index contributed by atoms with van der Waals surface area (Å²) in [7, 11) is 2.04. The Kier molecular flexibility index (Phi) is 3.59. The number of nitrogens with zero attached hydrogens (tertiary/aromatic N) is 2. The van der Waals surface area contributed by atoms with Crippen LogP contribution < -0.4 is 15.5 Å². The van der Waals surface area contributed by atoms with Crippen molar-refractivity contribution in [1.82, 2.24) is 0 Å². The average molecular weight is 346 g/mol. The average Bonchev–Trinajstić information content (AvgIpc) is 2.50. The summed E-state index contributed by atoms with van der Waals surface area (Å²) in [6.45, 7) is 1.45. The number of benzene rings is 2. The Bertz CT molecular complexity index is 702. The lowest BCUT2D eigenvalue weighted by Gasteiger charge is -2.35. The minimum Gasteiger partial charge on any atom is -0.398 e. The van der Waals surface area contributed by atoms with Crippen LogP contribution in [0.15, 0.2) is 46.9 Å². The maximum absolute atomic E-state index is 12.8. The van der Waals surface area contributed by atoms with Crippen molar-refractivity contribution in [3.63, 3.8) is 0 Å². The molecule has 3 rings (SSSR count). The van der Waals surface area contributed by atoms with E-state index >= 15 is 0 Å². The fourth-order valence-corrected chi connectivity index (χ4v) is 2.94. The lowest BCUT2D eigenvalue weighted by Crippen LogP contribution is -2.42. The maximum Gasteiger partial charge on any atom is 0.260 e. The maximum atomic E-state index is 12.8. The Morgan fingerprint density at radius 3 is 2.62 bits per heavy atom. The molecule has 0 fully saturated rings. The molecular formula is C16H16BrN3O. The van der Waals surface area contributed by atoms with Gasteiger partial charge in [0.1, 0.15) is 0 Å². The number of amides is 1. The zero-order valence-electron chi connectivity index (χ0n) is 11.7. The van der Waals surface area contributed by atoms with E-state index in [1.165, 1.54) is 0 Å². The Morgan fingerprint density at radius 1 is 1.14 bits per heavy atom. The number of hydrogen-bond donors (Lipinski definition) is 1. The summed E-state index contributed by atoms with van der Waals surface area (Å²) in [5.41, 5.74) is 8.98. The molecule has 1 aliphatic heterocycles. The molecule has 0 aromatic heterocycles. The number of carbonyl (C=O) groups is 1. The van der Waals surface area contributed by atoms with E-state index in [-0.39, 0.29) is 5.91 Å². The molecule has 5 heteroatoms. The molecule has 1 amide bonds. The van der Waals surface area contributed by atoms with Crippen LogP contribution in [0.4, 0.5) is 17.1 Å². The summed E-state index contributed by atoms with van der Waals surface area (Å²) < 4.78 is 0.850. The zero-order chi connectivity index (χ0) is 15.0. The van der Waals surface area contributed by atoms with Gasteiger partial charge in [0.25, 0.3) is 5.91 Å².